The van der Waals surface area contributed by atoms with Gasteiger partial charge in [0.05, 0.1) is 31.4 Å². The quantitative estimate of drug-likeness (QED) is 0.149. The Morgan fingerprint density at radius 1 is 0.837 bits per heavy atom. The van der Waals surface area contributed by atoms with Crippen LogP contribution in [0.25, 0.3) is 0 Å². The lowest BCUT2D eigenvalue weighted by Crippen LogP contribution is -2.54. The Labute approximate surface area is 293 Å². The normalized spacial score (nSPS) is 11.8. The molecule has 12 heteroatoms. The number of rotatable bonds is 16. The maximum Gasteiger partial charge on any atom is 0.264 e. The van der Waals surface area contributed by atoms with E-state index in [1.54, 1.807) is 48.5 Å². The van der Waals surface area contributed by atoms with Crippen molar-refractivity contribution in [3.8, 4) is 17.2 Å². The minimum absolute atomic E-state index is 0.0204. The lowest BCUT2D eigenvalue weighted by atomic mass is 10.0. The summed E-state index contributed by atoms with van der Waals surface area (Å²) >= 11 is 6.16. The Kier molecular flexibility index (Phi) is 12.9. The fourth-order valence-electron chi connectivity index (χ4n) is 5.23. The van der Waals surface area contributed by atoms with Gasteiger partial charge >= 0.3 is 0 Å². The van der Waals surface area contributed by atoms with E-state index in [0.717, 1.165) is 9.87 Å². The van der Waals surface area contributed by atoms with Gasteiger partial charge in [-0.3, -0.25) is 13.9 Å². The van der Waals surface area contributed by atoms with Gasteiger partial charge in [0.2, 0.25) is 11.8 Å². The molecule has 0 saturated heterocycles. The van der Waals surface area contributed by atoms with Crippen molar-refractivity contribution >= 4 is 39.1 Å². The molecule has 0 aliphatic rings. The third-order valence-electron chi connectivity index (χ3n) is 7.63. The van der Waals surface area contributed by atoms with Gasteiger partial charge in [-0.25, -0.2) is 8.42 Å². The van der Waals surface area contributed by atoms with Crippen molar-refractivity contribution in [2.75, 3.05) is 31.7 Å². The molecule has 260 valence electrons. The smallest absolute Gasteiger partial charge is 0.264 e. The third-order valence-corrected chi connectivity index (χ3v) is 9.65. The number of carbonyl (C=O) groups excluding carboxylic acids is 2. The lowest BCUT2D eigenvalue weighted by molar-refractivity contribution is -0.140. The first kappa shape index (κ1) is 37.1. The van der Waals surface area contributed by atoms with Crippen LogP contribution in [0.5, 0.6) is 17.2 Å². The zero-order chi connectivity index (χ0) is 35.6. The average molecular weight is 708 g/mol. The van der Waals surface area contributed by atoms with Crippen LogP contribution in [0.2, 0.25) is 5.02 Å². The van der Waals surface area contributed by atoms with Gasteiger partial charge in [-0.15, -0.1) is 0 Å². The van der Waals surface area contributed by atoms with E-state index in [9.17, 15) is 18.0 Å². The molecular formula is C37H42ClN3O7S. The molecule has 0 aliphatic carbocycles. The van der Waals surface area contributed by atoms with E-state index < -0.39 is 28.5 Å². The first-order valence-electron chi connectivity index (χ1n) is 15.8. The van der Waals surface area contributed by atoms with Crippen LogP contribution in [0, 0.1) is 0 Å². The number of benzene rings is 4. The lowest BCUT2D eigenvalue weighted by Gasteiger charge is -2.34. The summed E-state index contributed by atoms with van der Waals surface area (Å²) in [4.78, 5) is 29.8. The van der Waals surface area contributed by atoms with Crippen molar-refractivity contribution in [3.05, 3.63) is 113 Å². The standard InChI is InChI=1S/C37H42ClN3O7S/c1-6-48-31-18-16-30(17-19-31)41(49(44,45)32-20-21-34(46-4)35(23-32)47-5)25-36(42)40(24-28-12-14-29(38)15-13-28)33(37(43)39-26(2)3)22-27-10-8-7-9-11-27/h7-21,23,26,33H,6,22,24-25H2,1-5H3,(H,39,43). The second-order valence-corrected chi connectivity index (χ2v) is 13.8. The van der Waals surface area contributed by atoms with E-state index >= 15 is 0 Å². The number of hydrogen-bond acceptors (Lipinski definition) is 7. The summed E-state index contributed by atoms with van der Waals surface area (Å²) in [5.74, 6) is 0.140. The number of sulfonamides is 1. The molecule has 4 aromatic carbocycles. The first-order valence-corrected chi connectivity index (χ1v) is 17.6. The molecule has 1 unspecified atom stereocenters. The summed E-state index contributed by atoms with van der Waals surface area (Å²) in [5.41, 5.74) is 1.77. The number of amides is 2. The first-order chi connectivity index (χ1) is 23.5. The van der Waals surface area contributed by atoms with Crippen LogP contribution in [0.4, 0.5) is 5.69 Å². The molecule has 1 N–H and O–H groups in total. The molecular weight excluding hydrogens is 666 g/mol. The average Bonchev–Trinajstić information content (AvgIpc) is 3.09. The molecule has 0 aromatic heterocycles. The Balaban J connectivity index is 1.83. The van der Waals surface area contributed by atoms with E-state index in [1.165, 1.54) is 37.3 Å². The molecule has 49 heavy (non-hydrogen) atoms. The second kappa shape index (κ2) is 17.1. The van der Waals surface area contributed by atoms with Crippen molar-refractivity contribution in [3.63, 3.8) is 0 Å². The van der Waals surface area contributed by atoms with Crippen molar-refractivity contribution in [1.82, 2.24) is 10.2 Å². The SMILES string of the molecule is CCOc1ccc(N(CC(=O)N(Cc2ccc(Cl)cc2)C(Cc2ccccc2)C(=O)NC(C)C)S(=O)(=O)c2ccc(OC)c(OC)c2)cc1. The van der Waals surface area contributed by atoms with Crippen molar-refractivity contribution < 1.29 is 32.2 Å². The molecule has 0 bridgehead atoms. The van der Waals surface area contributed by atoms with E-state index in [4.69, 9.17) is 25.8 Å². The number of ether oxygens (including phenoxy) is 3. The summed E-state index contributed by atoms with van der Waals surface area (Å²) < 4.78 is 46.2. The highest BCUT2D eigenvalue weighted by Gasteiger charge is 2.35. The second-order valence-electron chi connectivity index (χ2n) is 11.5. The number of halogens is 1. The van der Waals surface area contributed by atoms with Crippen LogP contribution in [0.3, 0.4) is 0 Å². The molecule has 0 aliphatic heterocycles. The predicted octanol–water partition coefficient (Wildman–Crippen LogP) is 6.12. The van der Waals surface area contributed by atoms with Crippen LogP contribution in [0.1, 0.15) is 31.9 Å². The summed E-state index contributed by atoms with van der Waals surface area (Å²) in [6, 6.07) is 25.8. The van der Waals surface area contributed by atoms with Crippen molar-refractivity contribution in [1.29, 1.82) is 0 Å². The molecule has 4 aromatic rings. The van der Waals surface area contributed by atoms with Gasteiger partial charge in [0.25, 0.3) is 10.0 Å². The molecule has 0 heterocycles. The van der Waals surface area contributed by atoms with Gasteiger partial charge < -0.3 is 24.4 Å². The largest absolute Gasteiger partial charge is 0.494 e. The van der Waals surface area contributed by atoms with Crippen LogP contribution in [-0.2, 0) is 32.6 Å². The van der Waals surface area contributed by atoms with Crippen LogP contribution < -0.4 is 23.8 Å². The Bertz CT molecular complexity index is 1800. The monoisotopic (exact) mass is 707 g/mol. The van der Waals surface area contributed by atoms with Crippen LogP contribution >= 0.6 is 11.6 Å². The number of carbonyl (C=O) groups is 2. The Morgan fingerprint density at radius 2 is 1.49 bits per heavy atom. The van der Waals surface area contributed by atoms with E-state index in [1.807, 2.05) is 51.1 Å². The maximum atomic E-state index is 14.6. The Hall–Kier alpha value is -4.74. The minimum atomic E-state index is -4.38. The number of methoxy groups -OCH3 is 2. The number of nitrogens with one attached hydrogen (secondary N) is 1. The summed E-state index contributed by atoms with van der Waals surface area (Å²) in [6.45, 7) is 5.35. The molecule has 1 atom stereocenters. The van der Waals surface area contributed by atoms with Gasteiger partial charge in [0.15, 0.2) is 11.5 Å². The molecule has 2 amide bonds. The fraction of sp³-hybridized carbons (Fsp3) is 0.297. The van der Waals surface area contributed by atoms with Crippen molar-refractivity contribution in [2.45, 2.75) is 50.7 Å². The summed E-state index contributed by atoms with van der Waals surface area (Å²) in [6.07, 6.45) is 0.199. The highest BCUT2D eigenvalue weighted by atomic mass is 35.5. The predicted molar refractivity (Wildman–Crippen MR) is 191 cm³/mol. The van der Waals surface area contributed by atoms with Crippen LogP contribution in [0.15, 0.2) is 102 Å². The zero-order valence-corrected chi connectivity index (χ0v) is 29.8. The topological polar surface area (TPSA) is 114 Å². The minimum Gasteiger partial charge on any atom is -0.494 e. The van der Waals surface area contributed by atoms with Gasteiger partial charge in [-0.05, 0) is 80.4 Å². The van der Waals surface area contributed by atoms with Gasteiger partial charge in [-0.1, -0.05) is 54.1 Å². The number of anilines is 1. The highest BCUT2D eigenvalue weighted by molar-refractivity contribution is 7.92. The summed E-state index contributed by atoms with van der Waals surface area (Å²) in [5, 5.41) is 3.47. The van der Waals surface area contributed by atoms with Crippen LogP contribution in [-0.4, -0.2) is 64.6 Å². The maximum absolute atomic E-state index is 14.6. The Morgan fingerprint density at radius 3 is 2.08 bits per heavy atom. The number of hydrogen-bond donors (Lipinski definition) is 1. The highest BCUT2D eigenvalue weighted by Crippen LogP contribution is 2.33. The molecule has 4 rings (SSSR count). The molecule has 0 fully saturated rings. The van der Waals surface area contributed by atoms with Crippen molar-refractivity contribution in [2.24, 2.45) is 0 Å². The van der Waals surface area contributed by atoms with Gasteiger partial charge in [0, 0.05) is 30.1 Å². The van der Waals surface area contributed by atoms with Gasteiger partial charge in [0.1, 0.15) is 18.3 Å². The van der Waals surface area contributed by atoms with E-state index in [2.05, 4.69) is 5.32 Å². The molecule has 0 saturated carbocycles. The fourth-order valence-corrected chi connectivity index (χ4v) is 6.79. The third kappa shape index (κ3) is 9.67. The summed E-state index contributed by atoms with van der Waals surface area (Å²) in [7, 11) is -1.52. The zero-order valence-electron chi connectivity index (χ0n) is 28.3. The molecule has 10 nitrogen and oxygen atoms in total. The molecule has 0 spiro atoms. The van der Waals surface area contributed by atoms with Gasteiger partial charge in [-0.2, -0.15) is 0 Å². The van der Waals surface area contributed by atoms with E-state index in [-0.39, 0.29) is 41.2 Å². The number of nitrogens with zero attached hydrogens (tertiary/aromatic N) is 2. The van der Waals surface area contributed by atoms with E-state index in [0.29, 0.717) is 28.7 Å². The molecule has 0 radical (unpaired) electrons.